The third kappa shape index (κ3) is 1.73. The van der Waals surface area contributed by atoms with Crippen molar-refractivity contribution in [2.45, 2.75) is 26.7 Å². The van der Waals surface area contributed by atoms with Crippen molar-refractivity contribution in [3.8, 4) is 0 Å². The molecule has 1 rings (SSSR count). The molecule has 0 spiro atoms. The third-order valence-corrected chi connectivity index (χ3v) is 1.83. The Hall–Kier alpha value is -0.990. The standard InChI is InChI=1S/C8H12N2O/c1-3-4-7-6(2)9-5-10-8(7)11/h5,7H,3-4H2,1-2H3. The predicted octanol–water partition coefficient (Wildman–Crippen LogP) is 1.43. The smallest absolute Gasteiger partial charge is 0.255 e. The fourth-order valence-corrected chi connectivity index (χ4v) is 1.16. The molecule has 0 bridgehead atoms. The first kappa shape index (κ1) is 8.11. The normalized spacial score (nSPS) is 23.6. The summed E-state index contributed by atoms with van der Waals surface area (Å²) in [5, 5.41) is 0. The quantitative estimate of drug-likeness (QED) is 0.590. The van der Waals surface area contributed by atoms with Gasteiger partial charge in [0.1, 0.15) is 6.34 Å². The van der Waals surface area contributed by atoms with E-state index < -0.39 is 0 Å². The highest BCUT2D eigenvalue weighted by Crippen LogP contribution is 2.13. The van der Waals surface area contributed by atoms with Gasteiger partial charge in [-0.25, -0.2) is 9.98 Å². The van der Waals surface area contributed by atoms with Crippen LogP contribution in [0.25, 0.3) is 0 Å². The van der Waals surface area contributed by atoms with E-state index in [0.29, 0.717) is 0 Å². The molecule has 1 unspecified atom stereocenters. The molecule has 0 N–H and O–H groups in total. The zero-order valence-electron chi connectivity index (χ0n) is 6.87. The van der Waals surface area contributed by atoms with Crippen molar-refractivity contribution < 1.29 is 4.79 Å². The van der Waals surface area contributed by atoms with Crippen LogP contribution in [0.2, 0.25) is 0 Å². The van der Waals surface area contributed by atoms with Crippen LogP contribution in [-0.4, -0.2) is 18.0 Å². The SMILES string of the molecule is CCCC1C(=O)N=CN=C1C. The zero-order valence-corrected chi connectivity index (χ0v) is 6.87. The predicted molar refractivity (Wildman–Crippen MR) is 45.0 cm³/mol. The van der Waals surface area contributed by atoms with E-state index >= 15 is 0 Å². The molecule has 0 aromatic heterocycles. The number of rotatable bonds is 2. The van der Waals surface area contributed by atoms with E-state index in [1.54, 1.807) is 0 Å². The maximum atomic E-state index is 11.1. The number of amides is 1. The second-order valence-electron chi connectivity index (χ2n) is 2.69. The lowest BCUT2D eigenvalue weighted by Crippen LogP contribution is -2.23. The maximum Gasteiger partial charge on any atom is 0.255 e. The summed E-state index contributed by atoms with van der Waals surface area (Å²) < 4.78 is 0. The minimum Gasteiger partial charge on any atom is -0.272 e. The molecule has 1 atom stereocenters. The summed E-state index contributed by atoms with van der Waals surface area (Å²) in [6.45, 7) is 3.93. The number of carbonyl (C=O) groups is 1. The van der Waals surface area contributed by atoms with Crippen LogP contribution < -0.4 is 0 Å². The Morgan fingerprint density at radius 2 is 2.36 bits per heavy atom. The summed E-state index contributed by atoms with van der Waals surface area (Å²) in [5.74, 6) is -0.0932. The lowest BCUT2D eigenvalue weighted by Gasteiger charge is -2.13. The summed E-state index contributed by atoms with van der Waals surface area (Å²) in [4.78, 5) is 18.7. The fourth-order valence-electron chi connectivity index (χ4n) is 1.16. The summed E-state index contributed by atoms with van der Waals surface area (Å²) in [5.41, 5.74) is 0.895. The molecule has 0 saturated carbocycles. The van der Waals surface area contributed by atoms with E-state index in [9.17, 15) is 4.79 Å². The lowest BCUT2D eigenvalue weighted by molar-refractivity contribution is -0.119. The van der Waals surface area contributed by atoms with Gasteiger partial charge in [-0.2, -0.15) is 0 Å². The van der Waals surface area contributed by atoms with Crippen LogP contribution in [0.5, 0.6) is 0 Å². The molecule has 0 saturated heterocycles. The van der Waals surface area contributed by atoms with E-state index in [0.717, 1.165) is 18.6 Å². The average Bonchev–Trinajstić information content (AvgIpc) is 1.97. The van der Waals surface area contributed by atoms with Crippen LogP contribution >= 0.6 is 0 Å². The van der Waals surface area contributed by atoms with Crippen molar-refractivity contribution in [2.24, 2.45) is 15.9 Å². The van der Waals surface area contributed by atoms with Gasteiger partial charge in [0, 0.05) is 5.71 Å². The number of aliphatic imine (C=N–C) groups is 2. The van der Waals surface area contributed by atoms with Crippen molar-refractivity contribution in [3.05, 3.63) is 0 Å². The molecule has 1 aliphatic rings. The molecule has 3 heteroatoms. The molecule has 0 fully saturated rings. The Bertz CT molecular complexity index is 218. The van der Waals surface area contributed by atoms with E-state index in [1.807, 2.05) is 6.92 Å². The summed E-state index contributed by atoms with van der Waals surface area (Å²) in [7, 11) is 0. The highest BCUT2D eigenvalue weighted by molar-refractivity contribution is 6.10. The minimum atomic E-state index is -0.0509. The number of carbonyl (C=O) groups excluding carboxylic acids is 1. The van der Waals surface area contributed by atoms with Crippen LogP contribution in [-0.2, 0) is 4.79 Å². The average molecular weight is 152 g/mol. The van der Waals surface area contributed by atoms with Gasteiger partial charge in [-0.3, -0.25) is 4.79 Å². The molecule has 0 radical (unpaired) electrons. The number of hydrogen-bond acceptors (Lipinski definition) is 2. The number of hydrogen-bond donors (Lipinski definition) is 0. The molecule has 0 aliphatic carbocycles. The van der Waals surface area contributed by atoms with Gasteiger partial charge in [0.05, 0.1) is 5.92 Å². The van der Waals surface area contributed by atoms with E-state index in [2.05, 4.69) is 16.9 Å². The van der Waals surface area contributed by atoms with Crippen molar-refractivity contribution in [3.63, 3.8) is 0 Å². The molecule has 0 aromatic rings. The van der Waals surface area contributed by atoms with Crippen LogP contribution in [0, 0.1) is 5.92 Å². The minimum absolute atomic E-state index is 0.0423. The van der Waals surface area contributed by atoms with Crippen LogP contribution in [0.3, 0.4) is 0 Å². The molecule has 0 aromatic carbocycles. The molecular weight excluding hydrogens is 140 g/mol. The first-order chi connectivity index (χ1) is 5.25. The van der Waals surface area contributed by atoms with Crippen molar-refractivity contribution in [1.29, 1.82) is 0 Å². The Morgan fingerprint density at radius 1 is 1.64 bits per heavy atom. The van der Waals surface area contributed by atoms with E-state index in [1.165, 1.54) is 6.34 Å². The summed E-state index contributed by atoms with van der Waals surface area (Å²) >= 11 is 0. The Morgan fingerprint density at radius 3 is 2.91 bits per heavy atom. The molecular formula is C8H12N2O. The maximum absolute atomic E-state index is 11.1. The van der Waals surface area contributed by atoms with Crippen LogP contribution in [0.4, 0.5) is 0 Å². The molecule has 1 heterocycles. The highest BCUT2D eigenvalue weighted by atomic mass is 16.1. The van der Waals surface area contributed by atoms with Gasteiger partial charge in [-0.15, -0.1) is 0 Å². The Kier molecular flexibility index (Phi) is 2.52. The first-order valence-electron chi connectivity index (χ1n) is 3.86. The zero-order chi connectivity index (χ0) is 8.27. The largest absolute Gasteiger partial charge is 0.272 e. The highest BCUT2D eigenvalue weighted by Gasteiger charge is 2.21. The summed E-state index contributed by atoms with van der Waals surface area (Å²) in [6, 6.07) is 0. The van der Waals surface area contributed by atoms with E-state index in [4.69, 9.17) is 0 Å². The first-order valence-corrected chi connectivity index (χ1v) is 3.86. The second kappa shape index (κ2) is 3.42. The topological polar surface area (TPSA) is 41.8 Å². The molecule has 11 heavy (non-hydrogen) atoms. The second-order valence-corrected chi connectivity index (χ2v) is 2.69. The van der Waals surface area contributed by atoms with Crippen LogP contribution in [0.1, 0.15) is 26.7 Å². The van der Waals surface area contributed by atoms with Gasteiger partial charge in [0.25, 0.3) is 5.91 Å². The van der Waals surface area contributed by atoms with Gasteiger partial charge in [0.2, 0.25) is 0 Å². The molecule has 60 valence electrons. The van der Waals surface area contributed by atoms with Crippen molar-refractivity contribution >= 4 is 18.0 Å². The fraction of sp³-hybridized carbons (Fsp3) is 0.625. The van der Waals surface area contributed by atoms with Gasteiger partial charge < -0.3 is 0 Å². The van der Waals surface area contributed by atoms with Gasteiger partial charge in [-0.1, -0.05) is 13.3 Å². The molecule has 3 nitrogen and oxygen atoms in total. The third-order valence-electron chi connectivity index (χ3n) is 1.83. The Labute approximate surface area is 66.2 Å². The monoisotopic (exact) mass is 152 g/mol. The van der Waals surface area contributed by atoms with Gasteiger partial charge in [-0.05, 0) is 13.3 Å². The summed E-state index contributed by atoms with van der Waals surface area (Å²) in [6.07, 6.45) is 3.20. The van der Waals surface area contributed by atoms with E-state index in [-0.39, 0.29) is 11.8 Å². The Balaban J connectivity index is 2.70. The number of nitrogens with zero attached hydrogens (tertiary/aromatic N) is 2. The van der Waals surface area contributed by atoms with Crippen LogP contribution in [0.15, 0.2) is 9.98 Å². The lowest BCUT2D eigenvalue weighted by atomic mass is 9.97. The van der Waals surface area contributed by atoms with Gasteiger partial charge >= 0.3 is 0 Å². The molecule has 1 aliphatic heterocycles. The molecule has 1 amide bonds. The van der Waals surface area contributed by atoms with Gasteiger partial charge in [0.15, 0.2) is 0 Å². The van der Waals surface area contributed by atoms with Crippen molar-refractivity contribution in [2.75, 3.05) is 0 Å². The van der Waals surface area contributed by atoms with Crippen molar-refractivity contribution in [1.82, 2.24) is 0 Å².